The van der Waals surface area contributed by atoms with Gasteiger partial charge in [-0.2, -0.15) is 15.0 Å². The fourth-order valence-electron chi connectivity index (χ4n) is 8.38. The first-order valence-corrected chi connectivity index (χ1v) is 25.7. The smallest absolute Gasteiger partial charge is 0.335 e. The highest BCUT2D eigenvalue weighted by atomic mass is 16.4. The van der Waals surface area contributed by atoms with E-state index in [9.17, 15) is 43.2 Å². The number of aromatic carboxylic acids is 3. The van der Waals surface area contributed by atoms with Gasteiger partial charge in [0.15, 0.2) is 5.65 Å². The predicted octanol–water partition coefficient (Wildman–Crippen LogP) is 6.74. The van der Waals surface area contributed by atoms with Crippen LogP contribution in [0.25, 0.3) is 33.1 Å². The second kappa shape index (κ2) is 25.5. The summed E-state index contributed by atoms with van der Waals surface area (Å²) in [7, 11) is 0. The molecular formula is C57H60N12O12. The third-order valence-electron chi connectivity index (χ3n) is 12.9. The van der Waals surface area contributed by atoms with Crippen LogP contribution in [0.1, 0.15) is 111 Å². The van der Waals surface area contributed by atoms with Crippen LogP contribution in [0.2, 0.25) is 0 Å². The van der Waals surface area contributed by atoms with Crippen molar-refractivity contribution in [3.8, 4) is 0 Å². The number of anilines is 3. The minimum atomic E-state index is -0.996. The molecule has 0 aliphatic carbocycles. The van der Waals surface area contributed by atoms with Crippen molar-refractivity contribution in [2.45, 2.75) is 80.1 Å². The standard InChI is InChI=1S/C23H26N4O5.C19H20N4O4.C15H14N4O3/c1-12(2)19(28)25-23-24-18-17(20(29)26-23)16(11-27(18)21(30)13(3)4)10-7-14-5-8-15(9-6-14)22(31)32;1-10(2)16(24)22-19-21-15-14(17(25)23-19)13(9-20-15)8-5-11-3-6-12(7-4-11)18(26)27;16-15-18-12-11(13(20)19-15)10(7-17-12)6-3-8-1-4-9(5-2-8)14(21)22/h5-6,8-9,11-13H,7,10H2,1-4H3,(H,31,32)(H2,24,25,26,28,29);3-4,6-7,9-10H,5,8H2,1-2H3,(H,26,27)(H3,20,21,22,23,24,25);1-2,4-5,7H,3,6H2,(H,21,22)(H4,16,17,18,19,20). The number of nitrogens with one attached hydrogen (secondary N) is 7. The lowest BCUT2D eigenvalue weighted by molar-refractivity contribution is -0.119. The van der Waals surface area contributed by atoms with Crippen LogP contribution in [0.3, 0.4) is 0 Å². The maximum atomic E-state index is 12.9. The summed E-state index contributed by atoms with van der Waals surface area (Å²) in [4.78, 5) is 133. The van der Waals surface area contributed by atoms with E-state index in [4.69, 9.17) is 21.1 Å². The Bertz CT molecular complexity index is 3990. The zero-order valence-electron chi connectivity index (χ0n) is 45.0. The van der Waals surface area contributed by atoms with Gasteiger partial charge in [-0.1, -0.05) is 77.9 Å². The maximum absolute atomic E-state index is 12.9. The molecule has 0 fully saturated rings. The van der Waals surface area contributed by atoms with E-state index < -0.39 is 23.5 Å². The number of H-pyrrole nitrogens is 5. The second-order valence-corrected chi connectivity index (χ2v) is 19.9. The number of nitrogens with two attached hydrogens (primary N) is 1. The summed E-state index contributed by atoms with van der Waals surface area (Å²) >= 11 is 0. The molecule has 3 aromatic carbocycles. The fraction of sp³-hybridized carbons (Fsp3) is 0.263. The normalized spacial score (nSPS) is 11.1. The van der Waals surface area contributed by atoms with Crippen LogP contribution >= 0.6 is 0 Å². The lowest BCUT2D eigenvalue weighted by atomic mass is 10.0. The first kappa shape index (κ1) is 58.4. The van der Waals surface area contributed by atoms with Gasteiger partial charge in [-0.15, -0.1) is 0 Å². The molecular weight excluding hydrogens is 1040 g/mol. The summed E-state index contributed by atoms with van der Waals surface area (Å²) in [6, 6.07) is 19.9. The molecule has 12 N–H and O–H groups in total. The van der Waals surface area contributed by atoms with Crippen molar-refractivity contribution in [3.63, 3.8) is 0 Å². The van der Waals surface area contributed by atoms with E-state index in [1.54, 1.807) is 121 Å². The lowest BCUT2D eigenvalue weighted by Crippen LogP contribution is -2.23. The first-order chi connectivity index (χ1) is 38.5. The van der Waals surface area contributed by atoms with Gasteiger partial charge >= 0.3 is 17.9 Å². The molecule has 9 rings (SSSR count). The van der Waals surface area contributed by atoms with Crippen molar-refractivity contribution in [2.75, 3.05) is 16.4 Å². The number of carbonyl (C=O) groups excluding carboxylic acids is 3. The predicted molar refractivity (Wildman–Crippen MR) is 303 cm³/mol. The van der Waals surface area contributed by atoms with Gasteiger partial charge in [0.2, 0.25) is 35.6 Å². The second-order valence-electron chi connectivity index (χ2n) is 19.9. The molecule has 0 bridgehead atoms. The molecule has 0 atom stereocenters. The number of aromatic nitrogens is 9. The van der Waals surface area contributed by atoms with Gasteiger partial charge in [-0.25, -0.2) is 14.4 Å². The number of aromatic amines is 5. The quantitative estimate of drug-likeness (QED) is 0.0449. The summed E-state index contributed by atoms with van der Waals surface area (Å²) in [5.41, 5.74) is 11.4. The third-order valence-corrected chi connectivity index (χ3v) is 12.9. The molecule has 0 saturated heterocycles. The summed E-state index contributed by atoms with van der Waals surface area (Å²) in [6.45, 7) is 10.5. The number of hydrogen-bond donors (Lipinski definition) is 11. The van der Waals surface area contributed by atoms with Gasteiger partial charge in [0, 0.05) is 36.3 Å². The molecule has 0 unspecified atom stereocenters. The SMILES string of the molecule is CC(C)C(=O)Nc1nc2[nH]cc(CCc3ccc(C(=O)O)cc3)c2c(=O)[nH]1.CC(C)C(=O)Nc1nc2c(c(CCc3ccc(C(=O)O)cc3)cn2C(=O)C(C)C)c(=O)[nH]1.Nc1nc2[nH]cc(CCc3ccc(C(=O)O)cc3)c2c(=O)[nH]1. The van der Waals surface area contributed by atoms with Crippen LogP contribution in [0, 0.1) is 17.8 Å². The Morgan fingerprint density at radius 1 is 0.494 bits per heavy atom. The Morgan fingerprint density at radius 3 is 1.26 bits per heavy atom. The van der Waals surface area contributed by atoms with Crippen molar-refractivity contribution in [1.82, 2.24) is 44.4 Å². The van der Waals surface area contributed by atoms with Crippen LogP contribution in [-0.2, 0) is 48.1 Å². The molecule has 81 heavy (non-hydrogen) atoms. The van der Waals surface area contributed by atoms with E-state index in [1.807, 2.05) is 0 Å². The number of hydrogen-bond acceptors (Lipinski definition) is 13. The Labute approximate surface area is 460 Å². The third kappa shape index (κ3) is 14.5. The maximum Gasteiger partial charge on any atom is 0.335 e. The number of carboxylic acid groups (broad SMARTS) is 3. The first-order valence-electron chi connectivity index (χ1n) is 25.7. The minimum absolute atomic E-state index is 0.00656. The van der Waals surface area contributed by atoms with Crippen molar-refractivity contribution in [1.29, 1.82) is 0 Å². The van der Waals surface area contributed by atoms with Crippen molar-refractivity contribution in [2.24, 2.45) is 17.8 Å². The van der Waals surface area contributed by atoms with E-state index in [-0.39, 0.29) is 86.8 Å². The summed E-state index contributed by atoms with van der Waals surface area (Å²) in [6.07, 6.45) is 8.66. The summed E-state index contributed by atoms with van der Waals surface area (Å²) in [5.74, 6) is -4.31. The van der Waals surface area contributed by atoms with Gasteiger partial charge in [0.05, 0.1) is 32.8 Å². The number of nitrogens with zero attached hydrogens (tertiary/aromatic N) is 4. The lowest BCUT2D eigenvalue weighted by Gasteiger charge is -2.09. The molecule has 0 saturated carbocycles. The molecule has 6 aromatic heterocycles. The van der Waals surface area contributed by atoms with Gasteiger partial charge < -0.3 is 31.0 Å². The molecule has 6 heterocycles. The van der Waals surface area contributed by atoms with Crippen LogP contribution < -0.4 is 33.0 Å². The van der Waals surface area contributed by atoms with Crippen LogP contribution in [-0.4, -0.2) is 95.4 Å². The van der Waals surface area contributed by atoms with E-state index in [1.165, 1.54) is 16.7 Å². The largest absolute Gasteiger partial charge is 0.478 e. The number of aryl methyl sites for hydroxylation is 6. The Morgan fingerprint density at radius 2 is 0.864 bits per heavy atom. The molecule has 9 aromatic rings. The number of carboxylic acids is 3. The number of fused-ring (bicyclic) bond motifs is 3. The molecule has 2 amide bonds. The van der Waals surface area contributed by atoms with E-state index >= 15 is 0 Å². The summed E-state index contributed by atoms with van der Waals surface area (Å²) < 4.78 is 1.36. The van der Waals surface area contributed by atoms with Gasteiger partial charge in [-0.05, 0) is 108 Å². The highest BCUT2D eigenvalue weighted by Gasteiger charge is 2.22. The topological polar surface area (TPSA) is 387 Å². The number of nitrogen functional groups attached to an aromatic ring is 1. The zero-order chi connectivity index (χ0) is 58.8. The number of carbonyl (C=O) groups is 6. The highest BCUT2D eigenvalue weighted by Crippen LogP contribution is 2.23. The number of benzene rings is 3. The Hall–Kier alpha value is -10.3. The van der Waals surface area contributed by atoms with Gasteiger partial charge in [-0.3, -0.25) is 58.9 Å². The average molecular weight is 1110 g/mol. The highest BCUT2D eigenvalue weighted by molar-refractivity contribution is 5.96. The van der Waals surface area contributed by atoms with Gasteiger partial charge in [0.1, 0.15) is 11.3 Å². The van der Waals surface area contributed by atoms with E-state index in [2.05, 4.69) is 50.5 Å². The Balaban J connectivity index is 0.000000178. The fourth-order valence-corrected chi connectivity index (χ4v) is 8.38. The van der Waals surface area contributed by atoms with Crippen molar-refractivity contribution >= 4 is 86.6 Å². The molecule has 0 radical (unpaired) electrons. The average Bonchev–Trinajstić information content (AvgIpc) is 4.22. The van der Waals surface area contributed by atoms with Crippen LogP contribution in [0.5, 0.6) is 0 Å². The summed E-state index contributed by atoms with van der Waals surface area (Å²) in [5, 5.41) is 33.3. The number of amides is 2. The van der Waals surface area contributed by atoms with Crippen LogP contribution in [0.15, 0.2) is 106 Å². The molecule has 420 valence electrons. The van der Waals surface area contributed by atoms with E-state index in [0.29, 0.717) is 71.5 Å². The van der Waals surface area contributed by atoms with E-state index in [0.717, 1.165) is 27.8 Å². The minimum Gasteiger partial charge on any atom is -0.478 e. The molecule has 0 aliphatic heterocycles. The molecule has 0 aliphatic rings. The zero-order valence-corrected chi connectivity index (χ0v) is 45.0. The van der Waals surface area contributed by atoms with Gasteiger partial charge in [0.25, 0.3) is 16.7 Å². The Kier molecular flexibility index (Phi) is 18.4. The molecule has 0 spiro atoms. The monoisotopic (exact) mass is 1100 g/mol. The van der Waals surface area contributed by atoms with Crippen molar-refractivity contribution < 1.29 is 44.1 Å². The van der Waals surface area contributed by atoms with Crippen LogP contribution in [0.4, 0.5) is 17.8 Å². The molecule has 24 nitrogen and oxygen atoms in total. The molecule has 24 heteroatoms. The van der Waals surface area contributed by atoms with Crippen molar-refractivity contribution in [3.05, 3.63) is 173 Å². The number of rotatable bonds is 17.